The van der Waals surface area contributed by atoms with Gasteiger partial charge in [0.25, 0.3) is 11.8 Å². The van der Waals surface area contributed by atoms with Gasteiger partial charge in [-0.1, -0.05) is 0 Å². The number of likely N-dealkylation sites (tertiary alicyclic amines) is 1. The van der Waals surface area contributed by atoms with Gasteiger partial charge < -0.3 is 15.0 Å². The van der Waals surface area contributed by atoms with E-state index in [4.69, 9.17) is 4.74 Å². The maximum absolute atomic E-state index is 12.9. The molecular weight excluding hydrogens is 424 g/mol. The van der Waals surface area contributed by atoms with Gasteiger partial charge in [0.05, 0.1) is 17.7 Å². The molecule has 0 saturated carbocycles. The number of imide groups is 2. The van der Waals surface area contributed by atoms with Gasteiger partial charge in [-0.2, -0.15) is 0 Å². The van der Waals surface area contributed by atoms with Crippen molar-refractivity contribution in [3.05, 3.63) is 29.3 Å². The van der Waals surface area contributed by atoms with Crippen LogP contribution < -0.4 is 15.4 Å². The zero-order chi connectivity index (χ0) is 23.4. The number of benzene rings is 1. The summed E-state index contributed by atoms with van der Waals surface area (Å²) in [5.74, 6) is -0.669. The second-order valence-electron chi connectivity index (χ2n) is 9.03. The molecule has 33 heavy (non-hydrogen) atoms. The average molecular weight is 457 g/mol. The lowest BCUT2D eigenvalue weighted by Crippen LogP contribution is -2.54. The van der Waals surface area contributed by atoms with Crippen molar-refractivity contribution in [1.29, 1.82) is 0 Å². The van der Waals surface area contributed by atoms with E-state index in [2.05, 4.69) is 15.5 Å². The molecule has 3 aliphatic rings. The highest BCUT2D eigenvalue weighted by atomic mass is 16.5. The monoisotopic (exact) mass is 456 g/mol. The Morgan fingerprint density at radius 3 is 2.55 bits per heavy atom. The zero-order valence-electron chi connectivity index (χ0n) is 19.1. The van der Waals surface area contributed by atoms with E-state index in [1.54, 1.807) is 18.2 Å². The van der Waals surface area contributed by atoms with Gasteiger partial charge in [-0.25, -0.2) is 0 Å². The van der Waals surface area contributed by atoms with Crippen molar-refractivity contribution in [2.24, 2.45) is 5.92 Å². The highest BCUT2D eigenvalue weighted by molar-refractivity contribution is 6.23. The topological polar surface area (TPSA) is 108 Å². The molecule has 1 atom stereocenters. The third-order valence-electron chi connectivity index (χ3n) is 6.81. The maximum atomic E-state index is 12.9. The predicted octanol–water partition coefficient (Wildman–Crippen LogP) is 1.18. The molecule has 0 spiro atoms. The maximum Gasteiger partial charge on any atom is 0.262 e. The van der Waals surface area contributed by atoms with Crippen LogP contribution in [0, 0.1) is 5.92 Å². The van der Waals surface area contributed by atoms with Crippen LogP contribution in [0.2, 0.25) is 0 Å². The molecule has 1 unspecified atom stereocenters. The van der Waals surface area contributed by atoms with Gasteiger partial charge >= 0.3 is 0 Å². The van der Waals surface area contributed by atoms with E-state index in [1.807, 2.05) is 7.05 Å². The first-order chi connectivity index (χ1) is 16.0. The van der Waals surface area contributed by atoms with E-state index in [1.165, 1.54) is 19.3 Å². The Bertz CT molecular complexity index is 925. The van der Waals surface area contributed by atoms with Crippen molar-refractivity contribution >= 4 is 23.6 Å². The van der Waals surface area contributed by atoms with Crippen LogP contribution in [0.3, 0.4) is 0 Å². The Kier molecular flexibility index (Phi) is 7.39. The Hall–Kier alpha value is -2.78. The molecule has 2 N–H and O–H groups in total. The number of fused-ring (bicyclic) bond motifs is 1. The van der Waals surface area contributed by atoms with Crippen molar-refractivity contribution in [2.75, 3.05) is 39.8 Å². The molecule has 3 aliphatic heterocycles. The molecule has 9 heteroatoms. The zero-order valence-corrected chi connectivity index (χ0v) is 19.1. The smallest absolute Gasteiger partial charge is 0.262 e. The number of carbonyl (C=O) groups excluding carboxylic acids is 4. The quantitative estimate of drug-likeness (QED) is 0.424. The minimum atomic E-state index is -0.957. The first-order valence-electron chi connectivity index (χ1n) is 11.8. The molecule has 0 aliphatic carbocycles. The first kappa shape index (κ1) is 23.4. The van der Waals surface area contributed by atoms with Crippen LogP contribution in [0.1, 0.15) is 59.2 Å². The third-order valence-corrected chi connectivity index (χ3v) is 6.81. The summed E-state index contributed by atoms with van der Waals surface area (Å²) in [6, 6.07) is 3.88. The summed E-state index contributed by atoms with van der Waals surface area (Å²) in [5.41, 5.74) is 0.504. The summed E-state index contributed by atoms with van der Waals surface area (Å²) >= 11 is 0. The van der Waals surface area contributed by atoms with Crippen LogP contribution in [0.5, 0.6) is 5.75 Å². The Morgan fingerprint density at radius 1 is 1.06 bits per heavy atom. The molecule has 178 valence electrons. The fourth-order valence-electron chi connectivity index (χ4n) is 4.87. The number of nitrogens with zero attached hydrogens (tertiary/aromatic N) is 2. The van der Waals surface area contributed by atoms with Gasteiger partial charge in [0.2, 0.25) is 11.8 Å². The third kappa shape index (κ3) is 5.25. The molecule has 3 heterocycles. The number of hydrogen-bond donors (Lipinski definition) is 2. The molecular formula is C24H32N4O5. The van der Waals surface area contributed by atoms with Crippen molar-refractivity contribution in [3.63, 3.8) is 0 Å². The summed E-state index contributed by atoms with van der Waals surface area (Å²) in [6.07, 6.45) is 4.86. The van der Waals surface area contributed by atoms with Crippen LogP contribution in [-0.2, 0) is 9.59 Å². The van der Waals surface area contributed by atoms with Crippen LogP contribution in [0.25, 0.3) is 0 Å². The lowest BCUT2D eigenvalue weighted by molar-refractivity contribution is -0.136. The minimum absolute atomic E-state index is 0.103. The molecule has 0 bridgehead atoms. The Labute approximate surface area is 193 Å². The molecule has 2 fully saturated rings. The number of hydrogen-bond acceptors (Lipinski definition) is 7. The largest absolute Gasteiger partial charge is 0.494 e. The van der Waals surface area contributed by atoms with Gasteiger partial charge in [0, 0.05) is 13.0 Å². The Morgan fingerprint density at radius 2 is 1.82 bits per heavy atom. The highest BCUT2D eigenvalue weighted by Crippen LogP contribution is 2.30. The molecule has 0 aromatic heterocycles. The second kappa shape index (κ2) is 10.4. The van der Waals surface area contributed by atoms with Crippen molar-refractivity contribution in [3.8, 4) is 5.75 Å². The SMILES string of the molecule is CNCCC1CCN(CCCOc2ccc3c(c2)C(=O)N(C2CCC(=O)NC2=O)C3=O)CC1. The molecule has 1 aromatic rings. The number of rotatable bonds is 9. The van der Waals surface area contributed by atoms with E-state index in [9.17, 15) is 19.2 Å². The number of ether oxygens (including phenoxy) is 1. The summed E-state index contributed by atoms with van der Waals surface area (Å²) < 4.78 is 5.86. The summed E-state index contributed by atoms with van der Waals surface area (Å²) in [6.45, 7) is 4.83. The molecule has 1 aromatic carbocycles. The van der Waals surface area contributed by atoms with Gasteiger partial charge in [0.15, 0.2) is 0 Å². The normalized spacial score (nSPS) is 22.0. The van der Waals surface area contributed by atoms with Crippen LogP contribution in [0.15, 0.2) is 18.2 Å². The molecule has 0 radical (unpaired) electrons. The number of piperidine rings is 2. The Balaban J connectivity index is 1.26. The molecule has 4 rings (SSSR count). The standard InChI is InChI=1S/C24H32N4O5/c1-25-10-7-16-8-12-27(13-9-16)11-2-14-33-17-3-4-18-19(15-17)24(32)28(23(18)31)20-5-6-21(29)26-22(20)30/h3-4,15-16,20,25H,2,5-14H2,1H3,(H,26,29,30). The molecule has 9 nitrogen and oxygen atoms in total. The number of carbonyl (C=O) groups is 4. The average Bonchev–Trinajstić information content (AvgIpc) is 3.06. The summed E-state index contributed by atoms with van der Waals surface area (Å²) in [7, 11) is 2.00. The minimum Gasteiger partial charge on any atom is -0.494 e. The van der Waals surface area contributed by atoms with Gasteiger partial charge in [-0.15, -0.1) is 0 Å². The van der Waals surface area contributed by atoms with Crippen LogP contribution >= 0.6 is 0 Å². The predicted molar refractivity (Wildman–Crippen MR) is 121 cm³/mol. The highest BCUT2D eigenvalue weighted by Gasteiger charge is 2.44. The fourth-order valence-corrected chi connectivity index (χ4v) is 4.87. The first-order valence-corrected chi connectivity index (χ1v) is 11.8. The molecule has 4 amide bonds. The van der Waals surface area contributed by atoms with Crippen LogP contribution in [-0.4, -0.2) is 79.3 Å². The number of nitrogens with one attached hydrogen (secondary N) is 2. The summed E-state index contributed by atoms with van der Waals surface area (Å²) in [5, 5.41) is 5.43. The lowest BCUT2D eigenvalue weighted by Gasteiger charge is -2.31. The van der Waals surface area contributed by atoms with E-state index < -0.39 is 23.8 Å². The van der Waals surface area contributed by atoms with Crippen LogP contribution in [0.4, 0.5) is 0 Å². The van der Waals surface area contributed by atoms with Gasteiger partial charge in [-0.05, 0) is 82.9 Å². The van der Waals surface area contributed by atoms with Crippen molar-refractivity contribution in [2.45, 2.75) is 44.6 Å². The van der Waals surface area contributed by atoms with Crippen molar-refractivity contribution < 1.29 is 23.9 Å². The van der Waals surface area contributed by atoms with Gasteiger partial charge in [0.1, 0.15) is 11.8 Å². The fraction of sp³-hybridized carbons (Fsp3) is 0.583. The van der Waals surface area contributed by atoms with Crippen molar-refractivity contribution in [1.82, 2.24) is 20.4 Å². The van der Waals surface area contributed by atoms with E-state index in [-0.39, 0.29) is 29.9 Å². The van der Waals surface area contributed by atoms with E-state index in [0.29, 0.717) is 12.4 Å². The lowest BCUT2D eigenvalue weighted by atomic mass is 9.93. The second-order valence-corrected chi connectivity index (χ2v) is 9.03. The molecule has 2 saturated heterocycles. The van der Waals surface area contributed by atoms with Gasteiger partial charge in [-0.3, -0.25) is 29.4 Å². The van der Waals surface area contributed by atoms with E-state index >= 15 is 0 Å². The number of amides is 4. The summed E-state index contributed by atoms with van der Waals surface area (Å²) in [4.78, 5) is 52.6. The van der Waals surface area contributed by atoms with E-state index in [0.717, 1.165) is 43.4 Å².